The van der Waals surface area contributed by atoms with Crippen LogP contribution >= 0.6 is 0 Å². The second-order valence-corrected chi connectivity index (χ2v) is 8.71. The Hall–Kier alpha value is -4.12. The van der Waals surface area contributed by atoms with E-state index < -0.39 is 6.55 Å². The zero-order valence-corrected chi connectivity index (χ0v) is 17.8. The van der Waals surface area contributed by atoms with Gasteiger partial charge in [-0.1, -0.05) is 5.21 Å². The number of ether oxygens (including phenoxy) is 1. The van der Waals surface area contributed by atoms with E-state index in [1.807, 2.05) is 32.0 Å². The second kappa shape index (κ2) is 7.20. The first-order chi connectivity index (χ1) is 15.8. The van der Waals surface area contributed by atoms with Gasteiger partial charge < -0.3 is 10.1 Å². The highest BCUT2D eigenvalue weighted by atomic mass is 19.3. The minimum atomic E-state index is -2.95. The predicted molar refractivity (Wildman–Crippen MR) is 113 cm³/mol. The van der Waals surface area contributed by atoms with Gasteiger partial charge in [0.2, 0.25) is 11.6 Å². The molecule has 1 aromatic carbocycles. The molecular weight excluding hydrogens is 430 g/mol. The molecule has 6 rings (SSSR count). The number of allylic oxidation sites excluding steroid dienone is 1. The van der Waals surface area contributed by atoms with Gasteiger partial charge in [-0.15, -0.1) is 5.10 Å². The van der Waals surface area contributed by atoms with Crippen LogP contribution in [0.1, 0.15) is 42.5 Å². The zero-order chi connectivity index (χ0) is 23.4. The lowest BCUT2D eigenvalue weighted by Gasteiger charge is -2.66. The van der Waals surface area contributed by atoms with Crippen molar-refractivity contribution in [3.05, 3.63) is 34.9 Å². The molecule has 3 saturated carbocycles. The molecule has 0 radical (unpaired) electrons. The molecule has 0 saturated heterocycles. The van der Waals surface area contributed by atoms with Crippen LogP contribution in [-0.4, -0.2) is 30.5 Å². The number of hydrogen-bond acceptors (Lipinski definition) is 8. The van der Waals surface area contributed by atoms with Crippen LogP contribution in [0.3, 0.4) is 0 Å². The summed E-state index contributed by atoms with van der Waals surface area (Å²) in [7, 11) is 0. The molecule has 3 aliphatic rings. The molecule has 3 aromatic rings. The average molecular weight is 448 g/mol. The summed E-state index contributed by atoms with van der Waals surface area (Å²) in [5.74, 6) is 0.542. The van der Waals surface area contributed by atoms with Crippen molar-refractivity contribution in [3.63, 3.8) is 0 Å². The van der Waals surface area contributed by atoms with E-state index in [1.54, 1.807) is 6.08 Å². The summed E-state index contributed by atoms with van der Waals surface area (Å²) in [6.45, 7) is 0.679. The number of rotatable bonds is 6. The van der Waals surface area contributed by atoms with Crippen molar-refractivity contribution in [1.29, 1.82) is 10.5 Å². The van der Waals surface area contributed by atoms with E-state index in [-0.39, 0.29) is 33.9 Å². The Balaban J connectivity index is 1.54. The van der Waals surface area contributed by atoms with Crippen molar-refractivity contribution in [1.82, 2.24) is 25.0 Å². The third-order valence-electron chi connectivity index (χ3n) is 6.16. The first-order valence-electron chi connectivity index (χ1n) is 10.2. The molecule has 33 heavy (non-hydrogen) atoms. The summed E-state index contributed by atoms with van der Waals surface area (Å²) < 4.78 is 33.6. The Morgan fingerprint density at radius 3 is 2.48 bits per heavy atom. The van der Waals surface area contributed by atoms with Crippen LogP contribution in [0.4, 0.5) is 14.7 Å². The first kappa shape index (κ1) is 20.8. The summed E-state index contributed by atoms with van der Waals surface area (Å²) in [5, 5.41) is 28.5. The van der Waals surface area contributed by atoms with Crippen molar-refractivity contribution >= 4 is 23.2 Å². The largest absolute Gasteiger partial charge is 0.436 e. The Bertz CT molecular complexity index is 1360. The van der Waals surface area contributed by atoms with E-state index in [9.17, 15) is 14.0 Å². The van der Waals surface area contributed by atoms with Crippen LogP contribution in [0.5, 0.6) is 11.6 Å². The second-order valence-electron chi connectivity index (χ2n) is 8.71. The van der Waals surface area contributed by atoms with Gasteiger partial charge in [0, 0.05) is 11.6 Å². The van der Waals surface area contributed by atoms with Crippen molar-refractivity contribution in [2.75, 3.05) is 5.32 Å². The van der Waals surface area contributed by atoms with Gasteiger partial charge in [-0.25, -0.2) is 0 Å². The molecule has 0 aliphatic heterocycles. The molecule has 0 unspecified atom stereocenters. The number of benzene rings is 1. The Morgan fingerprint density at radius 2 is 1.88 bits per heavy atom. The molecule has 0 atom stereocenters. The fraction of sp³-hybridized carbons (Fsp3) is 0.364. The maximum Gasteiger partial charge on any atom is 0.335 e. The quantitative estimate of drug-likeness (QED) is 0.549. The van der Waals surface area contributed by atoms with Gasteiger partial charge in [-0.2, -0.15) is 34.0 Å². The maximum absolute atomic E-state index is 13.6. The Labute approximate surface area is 187 Å². The number of halogens is 2. The number of aromatic nitrogens is 5. The van der Waals surface area contributed by atoms with Gasteiger partial charge in [0.1, 0.15) is 5.75 Å². The van der Waals surface area contributed by atoms with E-state index in [2.05, 4.69) is 31.7 Å². The number of nitrogens with zero attached hydrogens (tertiary/aromatic N) is 7. The predicted octanol–water partition coefficient (Wildman–Crippen LogP) is 4.42. The standard InChI is InChI=1S/C22H18F2N8O/c1-12-6-14(4-3-5-25)7-13(2)16(12)33-18-15-17(30-31-32(15)19(23)24)27-20(28-18)29-22-8-21(9-22,10-22)11-26/h3-4,6-7,19H,8-10H2,1-2H3,(H,27,28,29)/b4-3+. The van der Waals surface area contributed by atoms with Gasteiger partial charge in [0.15, 0.2) is 5.52 Å². The zero-order valence-electron chi connectivity index (χ0n) is 17.8. The lowest BCUT2D eigenvalue weighted by atomic mass is 9.40. The molecule has 11 heteroatoms. The van der Waals surface area contributed by atoms with Crippen molar-refractivity contribution in [3.8, 4) is 23.8 Å². The van der Waals surface area contributed by atoms with E-state index >= 15 is 0 Å². The molecule has 3 fully saturated rings. The summed E-state index contributed by atoms with van der Waals surface area (Å²) in [4.78, 5) is 8.65. The molecule has 0 amide bonds. The van der Waals surface area contributed by atoms with Gasteiger partial charge in [0.25, 0.3) is 5.88 Å². The topological polar surface area (TPSA) is 125 Å². The van der Waals surface area contributed by atoms with Crippen LogP contribution in [0.2, 0.25) is 0 Å². The normalized spacial score (nSPS) is 23.1. The number of alkyl halides is 2. The lowest BCUT2D eigenvalue weighted by molar-refractivity contribution is -0.0665. The fourth-order valence-electron chi connectivity index (χ4n) is 4.84. The Morgan fingerprint density at radius 1 is 1.18 bits per heavy atom. The summed E-state index contributed by atoms with van der Waals surface area (Å²) >= 11 is 0. The monoisotopic (exact) mass is 448 g/mol. The van der Waals surface area contributed by atoms with Gasteiger partial charge in [-0.3, -0.25) is 0 Å². The number of hydrogen-bond donors (Lipinski definition) is 1. The first-order valence-corrected chi connectivity index (χ1v) is 10.2. The number of anilines is 1. The summed E-state index contributed by atoms with van der Waals surface area (Å²) in [6.07, 6.45) is 5.10. The molecule has 9 nitrogen and oxygen atoms in total. The molecule has 2 bridgehead atoms. The highest BCUT2D eigenvalue weighted by molar-refractivity contribution is 5.78. The van der Waals surface area contributed by atoms with Crippen molar-refractivity contribution in [2.24, 2.45) is 5.41 Å². The number of nitrogens with one attached hydrogen (secondary N) is 1. The third kappa shape index (κ3) is 3.33. The molecular formula is C22H18F2N8O. The van der Waals surface area contributed by atoms with Crippen LogP contribution in [-0.2, 0) is 0 Å². The molecule has 2 aromatic heterocycles. The minimum Gasteiger partial charge on any atom is -0.436 e. The van der Waals surface area contributed by atoms with E-state index in [1.165, 1.54) is 6.08 Å². The summed E-state index contributed by atoms with van der Waals surface area (Å²) in [5.41, 5.74) is 1.61. The van der Waals surface area contributed by atoms with Gasteiger partial charge >= 0.3 is 6.55 Å². The number of fused-ring (bicyclic) bond motifs is 1. The van der Waals surface area contributed by atoms with Crippen LogP contribution in [0, 0.1) is 41.9 Å². The van der Waals surface area contributed by atoms with Gasteiger partial charge in [0.05, 0.1) is 17.6 Å². The van der Waals surface area contributed by atoms with E-state index in [0.29, 0.717) is 29.7 Å². The average Bonchev–Trinajstić information content (AvgIpc) is 3.15. The van der Waals surface area contributed by atoms with Crippen LogP contribution in [0.15, 0.2) is 18.2 Å². The van der Waals surface area contributed by atoms with Crippen LogP contribution < -0.4 is 10.1 Å². The minimum absolute atomic E-state index is 0.0201. The third-order valence-corrected chi connectivity index (χ3v) is 6.16. The fourth-order valence-corrected chi connectivity index (χ4v) is 4.84. The number of nitriles is 2. The maximum atomic E-state index is 13.6. The molecule has 3 aliphatic carbocycles. The molecule has 166 valence electrons. The van der Waals surface area contributed by atoms with Crippen molar-refractivity contribution in [2.45, 2.75) is 45.2 Å². The summed E-state index contributed by atoms with van der Waals surface area (Å²) in [6, 6.07) is 7.92. The molecule has 2 heterocycles. The molecule has 1 N–H and O–H groups in total. The highest BCUT2D eigenvalue weighted by Crippen LogP contribution is 2.67. The SMILES string of the molecule is Cc1cc(/C=C/C#N)cc(C)c1Oc1nc(NC23CC(C#N)(C2)C3)nc2nnn(C(F)F)c12. The smallest absolute Gasteiger partial charge is 0.335 e. The van der Waals surface area contributed by atoms with Crippen LogP contribution in [0.25, 0.3) is 17.2 Å². The lowest BCUT2D eigenvalue weighted by Crippen LogP contribution is -2.70. The molecule has 0 spiro atoms. The number of aryl methyl sites for hydroxylation is 2. The van der Waals surface area contributed by atoms with Gasteiger partial charge in [-0.05, 0) is 68.0 Å². The van der Waals surface area contributed by atoms with E-state index in [4.69, 9.17) is 10.00 Å². The Kier molecular flexibility index (Phi) is 4.53. The van der Waals surface area contributed by atoms with E-state index in [0.717, 1.165) is 16.7 Å². The van der Waals surface area contributed by atoms with Crippen molar-refractivity contribution < 1.29 is 13.5 Å². The highest BCUT2D eigenvalue weighted by Gasteiger charge is 2.69.